The van der Waals surface area contributed by atoms with Gasteiger partial charge in [-0.05, 0) is 44.0 Å². The van der Waals surface area contributed by atoms with E-state index in [4.69, 9.17) is 0 Å². The van der Waals surface area contributed by atoms with Crippen LogP contribution in [0, 0.1) is 0 Å². The molecule has 7 nitrogen and oxygen atoms in total. The molecule has 1 aliphatic carbocycles. The van der Waals surface area contributed by atoms with E-state index in [1.54, 1.807) is 35.4 Å². The van der Waals surface area contributed by atoms with Crippen molar-refractivity contribution in [3.05, 3.63) is 75.5 Å². The zero-order chi connectivity index (χ0) is 17.4. The van der Waals surface area contributed by atoms with Crippen LogP contribution in [0.1, 0.15) is 25.5 Å². The molecule has 126 valence electrons. The number of aromatic nitrogens is 5. The summed E-state index contributed by atoms with van der Waals surface area (Å²) in [7, 11) is 0. The molecule has 0 aliphatic heterocycles. The Bertz CT molecular complexity index is 1020. The normalized spacial score (nSPS) is 15.1. The third-order valence-electron chi connectivity index (χ3n) is 4.62. The summed E-state index contributed by atoms with van der Waals surface area (Å²) in [5, 5.41) is 8.33. The van der Waals surface area contributed by atoms with Gasteiger partial charge in [0.2, 0.25) is 0 Å². The second-order valence-electron chi connectivity index (χ2n) is 6.55. The Labute approximate surface area is 143 Å². The quantitative estimate of drug-likeness (QED) is 0.674. The summed E-state index contributed by atoms with van der Waals surface area (Å²) < 4.78 is 2.92. The number of nitrogens with zero attached hydrogens (tertiary/aromatic N) is 5. The molecule has 3 aromatic rings. The second-order valence-corrected chi connectivity index (χ2v) is 6.55. The van der Waals surface area contributed by atoms with Crippen LogP contribution in [0.3, 0.4) is 0 Å². The van der Waals surface area contributed by atoms with Crippen LogP contribution in [0.15, 0.2) is 58.6 Å². The molecule has 25 heavy (non-hydrogen) atoms. The minimum absolute atomic E-state index is 0.194. The third-order valence-corrected chi connectivity index (χ3v) is 4.62. The van der Waals surface area contributed by atoms with Crippen LogP contribution in [-0.4, -0.2) is 24.3 Å². The Kier molecular flexibility index (Phi) is 3.56. The Balaban J connectivity index is 1.60. The summed E-state index contributed by atoms with van der Waals surface area (Å²) in [4.78, 5) is 28.7. The first-order valence-electron chi connectivity index (χ1n) is 8.12. The van der Waals surface area contributed by atoms with Gasteiger partial charge in [0.1, 0.15) is 0 Å². The van der Waals surface area contributed by atoms with Crippen molar-refractivity contribution in [2.45, 2.75) is 31.8 Å². The SMILES string of the molecule is CC1(n2ccn(Cc3ccc(-c4cccnc4)nn3)c(=O)c2=O)CC1. The molecule has 3 heterocycles. The topological polar surface area (TPSA) is 82.7 Å². The molecule has 0 bridgehead atoms. The molecule has 7 heteroatoms. The zero-order valence-corrected chi connectivity index (χ0v) is 13.8. The van der Waals surface area contributed by atoms with E-state index in [2.05, 4.69) is 15.2 Å². The fourth-order valence-corrected chi connectivity index (χ4v) is 2.77. The van der Waals surface area contributed by atoms with Gasteiger partial charge in [0.05, 0.1) is 17.9 Å². The maximum atomic E-state index is 12.3. The Morgan fingerprint density at radius 2 is 1.92 bits per heavy atom. The summed E-state index contributed by atoms with van der Waals surface area (Å²) in [5.74, 6) is 0. The second kappa shape index (κ2) is 5.77. The van der Waals surface area contributed by atoms with E-state index >= 15 is 0 Å². The van der Waals surface area contributed by atoms with Gasteiger partial charge in [-0.15, -0.1) is 0 Å². The van der Waals surface area contributed by atoms with E-state index in [1.165, 1.54) is 4.57 Å². The van der Waals surface area contributed by atoms with Gasteiger partial charge < -0.3 is 9.13 Å². The number of rotatable bonds is 4. The molecule has 4 rings (SSSR count). The molecule has 0 saturated heterocycles. The summed E-state index contributed by atoms with van der Waals surface area (Å²) >= 11 is 0. The van der Waals surface area contributed by atoms with E-state index in [0.717, 1.165) is 18.4 Å². The van der Waals surface area contributed by atoms with Crippen LogP contribution < -0.4 is 11.1 Å². The summed E-state index contributed by atoms with van der Waals surface area (Å²) in [6, 6.07) is 7.37. The first-order valence-corrected chi connectivity index (χ1v) is 8.12. The van der Waals surface area contributed by atoms with Crippen molar-refractivity contribution in [1.29, 1.82) is 0 Å². The Morgan fingerprint density at radius 3 is 2.56 bits per heavy atom. The highest BCUT2D eigenvalue weighted by molar-refractivity contribution is 5.56. The first-order chi connectivity index (χ1) is 12.1. The van der Waals surface area contributed by atoms with Crippen LogP contribution in [0.4, 0.5) is 0 Å². The van der Waals surface area contributed by atoms with Crippen molar-refractivity contribution in [3.8, 4) is 11.3 Å². The van der Waals surface area contributed by atoms with Gasteiger partial charge in [-0.25, -0.2) is 0 Å². The third kappa shape index (κ3) is 2.88. The highest BCUT2D eigenvalue weighted by Crippen LogP contribution is 2.41. The monoisotopic (exact) mass is 335 g/mol. The lowest BCUT2D eigenvalue weighted by atomic mass is 10.2. The minimum Gasteiger partial charge on any atom is -0.304 e. The summed E-state index contributed by atoms with van der Waals surface area (Å²) in [6.45, 7) is 2.20. The van der Waals surface area contributed by atoms with Crippen LogP contribution in [-0.2, 0) is 12.1 Å². The van der Waals surface area contributed by atoms with E-state index < -0.39 is 11.1 Å². The molecule has 0 atom stereocenters. The predicted molar refractivity (Wildman–Crippen MR) is 92.2 cm³/mol. The van der Waals surface area contributed by atoms with E-state index in [9.17, 15) is 9.59 Å². The van der Waals surface area contributed by atoms with Gasteiger partial charge in [0.25, 0.3) is 0 Å². The maximum Gasteiger partial charge on any atom is 0.316 e. The van der Waals surface area contributed by atoms with Crippen LogP contribution in [0.2, 0.25) is 0 Å². The molecular formula is C18H17N5O2. The standard InChI is InChI=1S/C18H17N5O2/c1-18(6-7-18)23-10-9-22(16(24)17(23)25)12-14-4-5-15(21-20-14)13-3-2-8-19-11-13/h2-5,8-11H,6-7,12H2,1H3. The zero-order valence-electron chi connectivity index (χ0n) is 13.8. The fraction of sp³-hybridized carbons (Fsp3) is 0.278. The Hall–Kier alpha value is -3.09. The van der Waals surface area contributed by atoms with E-state index in [-0.39, 0.29) is 12.1 Å². The van der Waals surface area contributed by atoms with Gasteiger partial charge in [-0.2, -0.15) is 10.2 Å². The van der Waals surface area contributed by atoms with E-state index in [1.807, 2.05) is 25.1 Å². The fourth-order valence-electron chi connectivity index (χ4n) is 2.77. The highest BCUT2D eigenvalue weighted by atomic mass is 16.2. The predicted octanol–water partition coefficient (Wildman–Crippen LogP) is 1.42. The lowest BCUT2D eigenvalue weighted by Crippen LogP contribution is -2.43. The van der Waals surface area contributed by atoms with Gasteiger partial charge >= 0.3 is 11.1 Å². The van der Waals surface area contributed by atoms with Gasteiger partial charge in [0, 0.05) is 35.9 Å². The van der Waals surface area contributed by atoms with Crippen LogP contribution >= 0.6 is 0 Å². The summed E-state index contributed by atoms with van der Waals surface area (Å²) in [5.41, 5.74) is 0.988. The van der Waals surface area contributed by atoms with Crippen molar-refractivity contribution >= 4 is 0 Å². The minimum atomic E-state index is -0.534. The first kappa shape index (κ1) is 15.4. The lowest BCUT2D eigenvalue weighted by molar-refractivity contribution is 0.495. The van der Waals surface area contributed by atoms with Crippen molar-refractivity contribution < 1.29 is 0 Å². The molecule has 1 saturated carbocycles. The van der Waals surface area contributed by atoms with Crippen molar-refractivity contribution in [2.75, 3.05) is 0 Å². The largest absolute Gasteiger partial charge is 0.316 e. The van der Waals surface area contributed by atoms with E-state index in [0.29, 0.717) is 11.4 Å². The lowest BCUT2D eigenvalue weighted by Gasteiger charge is -2.13. The Morgan fingerprint density at radius 1 is 1.08 bits per heavy atom. The van der Waals surface area contributed by atoms with Gasteiger partial charge in [-0.3, -0.25) is 14.6 Å². The molecule has 0 spiro atoms. The summed E-state index contributed by atoms with van der Waals surface area (Å²) in [6.07, 6.45) is 8.60. The average Bonchev–Trinajstić information content (AvgIpc) is 3.39. The number of hydrogen-bond donors (Lipinski definition) is 0. The highest BCUT2D eigenvalue weighted by Gasteiger charge is 2.40. The number of pyridine rings is 1. The molecule has 1 aliphatic rings. The average molecular weight is 335 g/mol. The molecule has 0 amide bonds. The molecule has 0 N–H and O–H groups in total. The number of hydrogen-bond acceptors (Lipinski definition) is 5. The molecule has 0 radical (unpaired) electrons. The van der Waals surface area contributed by atoms with Crippen molar-refractivity contribution in [2.24, 2.45) is 0 Å². The molecule has 1 fully saturated rings. The van der Waals surface area contributed by atoms with Crippen molar-refractivity contribution in [1.82, 2.24) is 24.3 Å². The molecule has 0 aromatic carbocycles. The van der Waals surface area contributed by atoms with Gasteiger partial charge in [-0.1, -0.05) is 0 Å². The van der Waals surface area contributed by atoms with Crippen LogP contribution in [0.25, 0.3) is 11.3 Å². The molecule has 0 unspecified atom stereocenters. The molecular weight excluding hydrogens is 318 g/mol. The smallest absolute Gasteiger partial charge is 0.304 e. The van der Waals surface area contributed by atoms with Crippen molar-refractivity contribution in [3.63, 3.8) is 0 Å². The van der Waals surface area contributed by atoms with Crippen LogP contribution in [0.5, 0.6) is 0 Å². The maximum absolute atomic E-state index is 12.3. The van der Waals surface area contributed by atoms with Gasteiger partial charge in [0.15, 0.2) is 0 Å². The molecule has 3 aromatic heterocycles.